The van der Waals surface area contributed by atoms with Crippen LogP contribution in [0.2, 0.25) is 5.02 Å². The molecule has 1 aromatic heterocycles. The maximum absolute atomic E-state index is 14.7. The molecule has 3 fully saturated rings. The second-order valence-electron chi connectivity index (χ2n) is 11.5. The van der Waals surface area contributed by atoms with Crippen molar-refractivity contribution in [3.8, 4) is 5.75 Å². The normalized spacial score (nSPS) is 26.3. The molecule has 1 aromatic carbocycles. The molecule has 2 aromatic rings. The van der Waals surface area contributed by atoms with Crippen LogP contribution in [0.15, 0.2) is 30.6 Å². The van der Waals surface area contributed by atoms with Gasteiger partial charge in [0.05, 0.1) is 30.4 Å². The fourth-order valence-electron chi connectivity index (χ4n) is 6.41. The van der Waals surface area contributed by atoms with Gasteiger partial charge in [-0.15, -0.1) is 0 Å². The minimum absolute atomic E-state index is 0.0114. The average molecular weight is 529 g/mol. The van der Waals surface area contributed by atoms with E-state index >= 15 is 0 Å². The molecule has 3 unspecified atom stereocenters. The lowest BCUT2D eigenvalue weighted by molar-refractivity contribution is -0.133. The third kappa shape index (κ3) is 6.73. The topological polar surface area (TPSA) is 58.6 Å². The number of hydrogen-bond donors (Lipinski definition) is 0. The third-order valence-electron chi connectivity index (χ3n) is 8.36. The lowest BCUT2D eigenvalue weighted by Gasteiger charge is -2.35. The van der Waals surface area contributed by atoms with Crippen LogP contribution in [0.3, 0.4) is 0 Å². The van der Waals surface area contributed by atoms with Crippen LogP contribution in [0.25, 0.3) is 0 Å². The monoisotopic (exact) mass is 528 g/mol. The first-order valence-corrected chi connectivity index (χ1v) is 14.1. The van der Waals surface area contributed by atoms with Crippen LogP contribution in [0, 0.1) is 35.4 Å². The number of carbonyl (C=O) groups excluding carboxylic acids is 1. The first kappa shape index (κ1) is 26.2. The minimum atomic E-state index is -0.357. The third-order valence-corrected chi connectivity index (χ3v) is 8.55. The van der Waals surface area contributed by atoms with Gasteiger partial charge in [0.15, 0.2) is 0 Å². The predicted molar refractivity (Wildman–Crippen MR) is 143 cm³/mol. The smallest absolute Gasteiger partial charge is 0.227 e. The summed E-state index contributed by atoms with van der Waals surface area (Å²) in [5.41, 5.74) is 0.445. The molecule has 2 saturated heterocycles. The van der Waals surface area contributed by atoms with Gasteiger partial charge >= 0.3 is 0 Å². The minimum Gasteiger partial charge on any atom is -0.493 e. The summed E-state index contributed by atoms with van der Waals surface area (Å²) in [7, 11) is 0. The van der Waals surface area contributed by atoms with Gasteiger partial charge in [0, 0.05) is 32.2 Å². The van der Waals surface area contributed by atoms with E-state index in [1.807, 2.05) is 4.90 Å². The Morgan fingerprint density at radius 1 is 1.11 bits per heavy atom. The summed E-state index contributed by atoms with van der Waals surface area (Å²) in [4.78, 5) is 25.6. The Bertz CT molecular complexity index is 1070. The molecule has 200 valence electrons. The van der Waals surface area contributed by atoms with Crippen molar-refractivity contribution in [2.75, 3.05) is 37.7 Å². The Morgan fingerprint density at radius 3 is 2.49 bits per heavy atom. The highest BCUT2D eigenvalue weighted by Gasteiger charge is 2.43. The molecule has 0 radical (unpaired) electrons. The molecule has 1 amide bonds. The number of amides is 1. The van der Waals surface area contributed by atoms with Gasteiger partial charge in [-0.2, -0.15) is 0 Å². The number of aromatic nitrogens is 2. The average Bonchev–Trinajstić information content (AvgIpc) is 3.65. The SMILES string of the molecule is CC1CC(C)CN(C(=O)Cc2ccc(OCC[C@@H]3CC3C3CCN(c4ncc(Cl)cn4)CC3)cc2F)C1. The van der Waals surface area contributed by atoms with E-state index in [4.69, 9.17) is 16.3 Å². The van der Waals surface area contributed by atoms with Crippen LogP contribution in [0.4, 0.5) is 10.3 Å². The van der Waals surface area contributed by atoms with Crippen LogP contribution in [-0.2, 0) is 11.2 Å². The molecule has 3 aliphatic rings. The summed E-state index contributed by atoms with van der Waals surface area (Å²) < 4.78 is 20.6. The summed E-state index contributed by atoms with van der Waals surface area (Å²) in [6, 6.07) is 4.94. The number of anilines is 1. The highest BCUT2D eigenvalue weighted by Crippen LogP contribution is 2.49. The van der Waals surface area contributed by atoms with Gasteiger partial charge in [-0.1, -0.05) is 31.5 Å². The number of hydrogen-bond acceptors (Lipinski definition) is 5. The standard InChI is InChI=1S/C29H38ClFN4O2/c1-19-11-20(2)18-35(17-19)28(36)13-23-3-4-25(14-27(23)31)37-10-7-22-12-26(22)21-5-8-34(9-6-21)29-32-15-24(30)16-33-29/h3-4,14-16,19-22,26H,5-13,17-18H2,1-2H3/t19?,20?,22-,26?/m1/s1. The van der Waals surface area contributed by atoms with E-state index < -0.39 is 0 Å². The van der Waals surface area contributed by atoms with E-state index in [-0.39, 0.29) is 18.1 Å². The number of benzene rings is 1. The van der Waals surface area contributed by atoms with E-state index in [1.165, 1.54) is 12.5 Å². The molecular formula is C29H38ClFN4O2. The number of ether oxygens (including phenoxy) is 1. The summed E-state index contributed by atoms with van der Waals surface area (Å²) in [6.45, 7) is 8.45. The molecule has 2 aliphatic heterocycles. The highest BCUT2D eigenvalue weighted by molar-refractivity contribution is 6.30. The summed E-state index contributed by atoms with van der Waals surface area (Å²) >= 11 is 5.90. The quantitative estimate of drug-likeness (QED) is 0.444. The lowest BCUT2D eigenvalue weighted by Crippen LogP contribution is -2.43. The number of nitrogens with zero attached hydrogens (tertiary/aromatic N) is 4. The number of rotatable bonds is 8. The number of halogens is 2. The van der Waals surface area contributed by atoms with E-state index in [0.717, 1.165) is 69.6 Å². The Balaban J connectivity index is 1.02. The Labute approximate surface area is 224 Å². The van der Waals surface area contributed by atoms with E-state index in [2.05, 4.69) is 28.7 Å². The van der Waals surface area contributed by atoms with Crippen LogP contribution >= 0.6 is 11.6 Å². The van der Waals surface area contributed by atoms with Crippen molar-refractivity contribution in [1.29, 1.82) is 0 Å². The molecule has 1 saturated carbocycles. The summed E-state index contributed by atoms with van der Waals surface area (Å²) in [5.74, 6) is 4.16. The second kappa shape index (κ2) is 11.5. The Morgan fingerprint density at radius 2 is 1.81 bits per heavy atom. The van der Waals surface area contributed by atoms with Crippen molar-refractivity contribution < 1.29 is 13.9 Å². The first-order valence-electron chi connectivity index (χ1n) is 13.8. The zero-order valence-corrected chi connectivity index (χ0v) is 22.7. The zero-order chi connectivity index (χ0) is 25.9. The molecule has 37 heavy (non-hydrogen) atoms. The van der Waals surface area contributed by atoms with E-state index in [1.54, 1.807) is 24.5 Å². The number of carbonyl (C=O) groups is 1. The fourth-order valence-corrected chi connectivity index (χ4v) is 6.50. The molecule has 5 rings (SSSR count). The second-order valence-corrected chi connectivity index (χ2v) is 11.9. The van der Waals surface area contributed by atoms with Crippen LogP contribution in [-0.4, -0.2) is 53.6 Å². The number of piperidine rings is 2. The first-order chi connectivity index (χ1) is 17.9. The molecule has 3 heterocycles. The van der Waals surface area contributed by atoms with Gasteiger partial charge in [-0.25, -0.2) is 14.4 Å². The largest absolute Gasteiger partial charge is 0.493 e. The maximum atomic E-state index is 14.7. The molecular weight excluding hydrogens is 491 g/mol. The zero-order valence-electron chi connectivity index (χ0n) is 21.9. The van der Waals surface area contributed by atoms with Crippen LogP contribution < -0.4 is 9.64 Å². The molecule has 0 bridgehead atoms. The van der Waals surface area contributed by atoms with Gasteiger partial charge in [0.2, 0.25) is 11.9 Å². The highest BCUT2D eigenvalue weighted by atomic mass is 35.5. The molecule has 8 heteroatoms. The predicted octanol–water partition coefficient (Wildman–Crippen LogP) is 5.64. The van der Waals surface area contributed by atoms with Crippen LogP contribution in [0.1, 0.15) is 51.5 Å². The molecule has 6 nitrogen and oxygen atoms in total. The Kier molecular flexibility index (Phi) is 8.18. The van der Waals surface area contributed by atoms with E-state index in [9.17, 15) is 9.18 Å². The molecule has 0 spiro atoms. The van der Waals surface area contributed by atoms with Crippen molar-refractivity contribution >= 4 is 23.5 Å². The maximum Gasteiger partial charge on any atom is 0.227 e. The Hall–Kier alpha value is -2.41. The summed E-state index contributed by atoms with van der Waals surface area (Å²) in [5, 5.41) is 0.563. The van der Waals surface area contributed by atoms with Gasteiger partial charge in [0.25, 0.3) is 0 Å². The molecule has 0 N–H and O–H groups in total. The van der Waals surface area contributed by atoms with Crippen molar-refractivity contribution in [2.24, 2.45) is 29.6 Å². The lowest BCUT2D eigenvalue weighted by atomic mass is 9.90. The number of likely N-dealkylation sites (tertiary alicyclic amines) is 1. The fraction of sp³-hybridized carbons (Fsp3) is 0.621. The van der Waals surface area contributed by atoms with Gasteiger partial charge in [0.1, 0.15) is 11.6 Å². The van der Waals surface area contributed by atoms with Crippen molar-refractivity contribution in [3.05, 3.63) is 47.0 Å². The molecule has 4 atom stereocenters. The van der Waals surface area contributed by atoms with Crippen molar-refractivity contribution in [2.45, 2.75) is 52.4 Å². The van der Waals surface area contributed by atoms with Crippen molar-refractivity contribution in [3.63, 3.8) is 0 Å². The van der Waals surface area contributed by atoms with E-state index in [0.29, 0.717) is 40.7 Å². The molecule has 1 aliphatic carbocycles. The van der Waals surface area contributed by atoms with Gasteiger partial charge < -0.3 is 14.5 Å². The van der Waals surface area contributed by atoms with Gasteiger partial charge in [-0.05, 0) is 73.3 Å². The van der Waals surface area contributed by atoms with Gasteiger partial charge in [-0.3, -0.25) is 4.79 Å². The van der Waals surface area contributed by atoms with Crippen molar-refractivity contribution in [1.82, 2.24) is 14.9 Å². The summed E-state index contributed by atoms with van der Waals surface area (Å²) in [6.07, 6.45) is 9.14. The van der Waals surface area contributed by atoms with Crippen LogP contribution in [0.5, 0.6) is 5.75 Å².